The fourth-order valence-electron chi connectivity index (χ4n) is 2.58. The van der Waals surface area contributed by atoms with E-state index in [1.54, 1.807) is 0 Å². The van der Waals surface area contributed by atoms with Crippen LogP contribution in [0.3, 0.4) is 0 Å². The topological polar surface area (TPSA) is 24.9 Å². The first kappa shape index (κ1) is 15.7. The van der Waals surface area contributed by atoms with Gasteiger partial charge in [0.2, 0.25) is 0 Å². The standard InChI is InChI=1S/C19H26N2/c1-4-7-16-9-11-18(12-10-16)15(3)21-14-19-17(5-2)8-6-13-20-19/h6,8-13,15,21H,4-5,7,14H2,1-3H3. The van der Waals surface area contributed by atoms with Gasteiger partial charge in [-0.05, 0) is 42.5 Å². The van der Waals surface area contributed by atoms with Crippen molar-refractivity contribution in [1.29, 1.82) is 0 Å². The summed E-state index contributed by atoms with van der Waals surface area (Å²) in [5, 5.41) is 3.58. The highest BCUT2D eigenvalue weighted by Crippen LogP contribution is 2.15. The van der Waals surface area contributed by atoms with Crippen LogP contribution >= 0.6 is 0 Å². The van der Waals surface area contributed by atoms with Gasteiger partial charge in [0, 0.05) is 18.8 Å². The third kappa shape index (κ3) is 4.40. The lowest BCUT2D eigenvalue weighted by atomic mass is 10.0. The molecule has 1 N–H and O–H groups in total. The van der Waals surface area contributed by atoms with Crippen molar-refractivity contribution in [2.75, 3.05) is 0 Å². The van der Waals surface area contributed by atoms with Crippen LogP contribution in [0.4, 0.5) is 0 Å². The second kappa shape index (κ2) is 7.94. The van der Waals surface area contributed by atoms with Gasteiger partial charge in [-0.15, -0.1) is 0 Å². The van der Waals surface area contributed by atoms with Crippen LogP contribution in [-0.4, -0.2) is 4.98 Å². The van der Waals surface area contributed by atoms with Gasteiger partial charge in [-0.2, -0.15) is 0 Å². The van der Waals surface area contributed by atoms with Crippen molar-refractivity contribution < 1.29 is 0 Å². The first-order chi connectivity index (χ1) is 10.2. The van der Waals surface area contributed by atoms with Gasteiger partial charge in [0.05, 0.1) is 5.69 Å². The van der Waals surface area contributed by atoms with Crippen molar-refractivity contribution in [2.45, 2.75) is 52.6 Å². The minimum absolute atomic E-state index is 0.340. The maximum absolute atomic E-state index is 4.49. The van der Waals surface area contributed by atoms with Crippen molar-refractivity contribution >= 4 is 0 Å². The number of benzene rings is 1. The molecule has 21 heavy (non-hydrogen) atoms. The van der Waals surface area contributed by atoms with Gasteiger partial charge in [0.1, 0.15) is 0 Å². The molecule has 1 unspecified atom stereocenters. The molecule has 1 heterocycles. The van der Waals surface area contributed by atoms with E-state index in [4.69, 9.17) is 0 Å². The zero-order valence-electron chi connectivity index (χ0n) is 13.4. The lowest BCUT2D eigenvalue weighted by molar-refractivity contribution is 0.565. The molecule has 1 atom stereocenters. The Kier molecular flexibility index (Phi) is 5.94. The molecule has 2 nitrogen and oxygen atoms in total. The molecule has 2 heteroatoms. The Labute approximate surface area is 128 Å². The van der Waals surface area contributed by atoms with E-state index in [0.717, 1.165) is 25.1 Å². The zero-order chi connectivity index (χ0) is 15.1. The molecule has 112 valence electrons. The number of nitrogens with zero attached hydrogens (tertiary/aromatic N) is 1. The normalized spacial score (nSPS) is 12.3. The summed E-state index contributed by atoms with van der Waals surface area (Å²) in [5.74, 6) is 0. The van der Waals surface area contributed by atoms with E-state index in [1.165, 1.54) is 23.1 Å². The van der Waals surface area contributed by atoms with Crippen molar-refractivity contribution in [3.63, 3.8) is 0 Å². The van der Waals surface area contributed by atoms with Crippen LogP contribution in [0, 0.1) is 0 Å². The number of rotatable bonds is 7. The molecule has 2 rings (SSSR count). The average molecular weight is 282 g/mol. The fraction of sp³-hybridized carbons (Fsp3) is 0.421. The number of hydrogen-bond donors (Lipinski definition) is 1. The van der Waals surface area contributed by atoms with Crippen LogP contribution < -0.4 is 5.32 Å². The molecule has 1 aromatic heterocycles. The van der Waals surface area contributed by atoms with Gasteiger partial charge >= 0.3 is 0 Å². The van der Waals surface area contributed by atoms with Crippen molar-refractivity contribution in [3.8, 4) is 0 Å². The number of aromatic nitrogens is 1. The Morgan fingerprint density at radius 2 is 1.86 bits per heavy atom. The molecule has 0 amide bonds. The Hall–Kier alpha value is -1.67. The number of pyridine rings is 1. The second-order valence-electron chi connectivity index (χ2n) is 5.56. The third-order valence-corrected chi connectivity index (χ3v) is 3.96. The quantitative estimate of drug-likeness (QED) is 0.811. The Morgan fingerprint density at radius 1 is 1.10 bits per heavy atom. The Morgan fingerprint density at radius 3 is 2.52 bits per heavy atom. The van der Waals surface area contributed by atoms with Crippen LogP contribution in [-0.2, 0) is 19.4 Å². The molecule has 0 aliphatic carbocycles. The molecule has 0 aliphatic heterocycles. The van der Waals surface area contributed by atoms with Gasteiger partial charge in [0.15, 0.2) is 0 Å². The molecule has 2 aromatic rings. The van der Waals surface area contributed by atoms with E-state index in [-0.39, 0.29) is 0 Å². The molecule has 0 fully saturated rings. The van der Waals surface area contributed by atoms with E-state index < -0.39 is 0 Å². The molecule has 0 bridgehead atoms. The third-order valence-electron chi connectivity index (χ3n) is 3.96. The monoisotopic (exact) mass is 282 g/mol. The highest BCUT2D eigenvalue weighted by atomic mass is 14.9. The van der Waals surface area contributed by atoms with Crippen LogP contribution in [0.15, 0.2) is 42.6 Å². The SMILES string of the molecule is CCCc1ccc(C(C)NCc2ncccc2CC)cc1. The summed E-state index contributed by atoms with van der Waals surface area (Å²) < 4.78 is 0. The first-order valence-corrected chi connectivity index (χ1v) is 7.99. The van der Waals surface area contributed by atoms with Crippen LogP contribution in [0.5, 0.6) is 0 Å². The highest BCUT2D eigenvalue weighted by molar-refractivity contribution is 5.25. The minimum Gasteiger partial charge on any atom is -0.305 e. The van der Waals surface area contributed by atoms with Crippen molar-refractivity contribution in [3.05, 3.63) is 65.0 Å². The minimum atomic E-state index is 0.340. The summed E-state index contributed by atoms with van der Waals surface area (Å²) in [7, 11) is 0. The molecule has 1 aromatic carbocycles. The lowest BCUT2D eigenvalue weighted by Crippen LogP contribution is -2.19. The maximum atomic E-state index is 4.49. The zero-order valence-corrected chi connectivity index (χ0v) is 13.4. The summed E-state index contributed by atoms with van der Waals surface area (Å²) in [6, 6.07) is 13.5. The summed E-state index contributed by atoms with van der Waals surface area (Å²) in [6.45, 7) is 7.43. The summed E-state index contributed by atoms with van der Waals surface area (Å²) >= 11 is 0. The van der Waals surface area contributed by atoms with Crippen LogP contribution in [0.2, 0.25) is 0 Å². The van der Waals surface area contributed by atoms with Crippen molar-refractivity contribution in [2.24, 2.45) is 0 Å². The molecule has 0 saturated heterocycles. The van der Waals surface area contributed by atoms with Gasteiger partial charge in [-0.1, -0.05) is 50.6 Å². The van der Waals surface area contributed by atoms with Crippen molar-refractivity contribution in [1.82, 2.24) is 10.3 Å². The maximum Gasteiger partial charge on any atom is 0.0573 e. The Bertz CT molecular complexity index is 546. The summed E-state index contributed by atoms with van der Waals surface area (Å²) in [6.07, 6.45) is 5.27. The van der Waals surface area contributed by atoms with Crippen LogP contribution in [0.1, 0.15) is 55.6 Å². The predicted molar refractivity (Wildman–Crippen MR) is 89.3 cm³/mol. The smallest absolute Gasteiger partial charge is 0.0573 e. The lowest BCUT2D eigenvalue weighted by Gasteiger charge is -2.15. The highest BCUT2D eigenvalue weighted by Gasteiger charge is 2.07. The average Bonchev–Trinajstić information content (AvgIpc) is 2.54. The van der Waals surface area contributed by atoms with Gasteiger partial charge in [0.25, 0.3) is 0 Å². The number of aryl methyl sites for hydroxylation is 2. The molecule has 0 spiro atoms. The Balaban J connectivity index is 1.96. The fourth-order valence-corrected chi connectivity index (χ4v) is 2.58. The molecule has 0 aliphatic rings. The van der Waals surface area contributed by atoms with Gasteiger partial charge in [-0.3, -0.25) is 4.98 Å². The van der Waals surface area contributed by atoms with Crippen LogP contribution in [0.25, 0.3) is 0 Å². The second-order valence-corrected chi connectivity index (χ2v) is 5.56. The number of nitrogens with one attached hydrogen (secondary N) is 1. The molecule has 0 saturated carbocycles. The van der Waals surface area contributed by atoms with E-state index in [1.807, 2.05) is 12.3 Å². The largest absolute Gasteiger partial charge is 0.305 e. The van der Waals surface area contributed by atoms with E-state index in [9.17, 15) is 0 Å². The summed E-state index contributed by atoms with van der Waals surface area (Å²) in [4.78, 5) is 4.49. The van der Waals surface area contributed by atoms with E-state index >= 15 is 0 Å². The number of hydrogen-bond acceptors (Lipinski definition) is 2. The molecule has 0 radical (unpaired) electrons. The molecular formula is C19H26N2. The van der Waals surface area contributed by atoms with E-state index in [0.29, 0.717) is 6.04 Å². The summed E-state index contributed by atoms with van der Waals surface area (Å²) in [5.41, 5.74) is 5.25. The van der Waals surface area contributed by atoms with Gasteiger partial charge < -0.3 is 5.32 Å². The van der Waals surface area contributed by atoms with E-state index in [2.05, 4.69) is 61.4 Å². The predicted octanol–water partition coefficient (Wildman–Crippen LogP) is 4.45. The molecular weight excluding hydrogens is 256 g/mol. The first-order valence-electron chi connectivity index (χ1n) is 7.99. The van der Waals surface area contributed by atoms with Gasteiger partial charge in [-0.25, -0.2) is 0 Å².